The van der Waals surface area contributed by atoms with Crippen molar-refractivity contribution in [1.82, 2.24) is 5.32 Å². The molecule has 0 amide bonds. The van der Waals surface area contributed by atoms with E-state index in [4.69, 9.17) is 23.2 Å². The van der Waals surface area contributed by atoms with Crippen LogP contribution in [0.3, 0.4) is 0 Å². The average Bonchev–Trinajstić information content (AvgIpc) is 2.29. The van der Waals surface area contributed by atoms with Gasteiger partial charge in [-0.1, -0.05) is 29.3 Å². The van der Waals surface area contributed by atoms with Gasteiger partial charge in [0, 0.05) is 28.2 Å². The lowest BCUT2D eigenvalue weighted by molar-refractivity contribution is 0.171. The van der Waals surface area contributed by atoms with E-state index < -0.39 is 6.10 Å². The summed E-state index contributed by atoms with van der Waals surface area (Å²) in [5.74, 6) is 0. The fourth-order valence-electron chi connectivity index (χ4n) is 1.53. The van der Waals surface area contributed by atoms with Crippen LogP contribution in [0.2, 0.25) is 10.0 Å². The summed E-state index contributed by atoms with van der Waals surface area (Å²) < 4.78 is 0. The minimum absolute atomic E-state index is 0.278. The molecule has 0 saturated carbocycles. The number of rotatable bonds is 6. The van der Waals surface area contributed by atoms with Gasteiger partial charge in [-0.25, -0.2) is 0 Å². The Hall–Kier alpha value is -0.540. The van der Waals surface area contributed by atoms with E-state index in [1.165, 1.54) is 0 Å². The second kappa shape index (κ2) is 7.02. The molecule has 2 atom stereocenters. The molecule has 2 N–H and O–H groups in total. The quantitative estimate of drug-likeness (QED) is 0.777. The maximum absolute atomic E-state index is 10.0. The van der Waals surface area contributed by atoms with E-state index in [2.05, 4.69) is 11.9 Å². The first-order valence-corrected chi connectivity index (χ1v) is 6.27. The molecule has 4 heteroatoms. The van der Waals surface area contributed by atoms with Gasteiger partial charge in [0.05, 0.1) is 6.10 Å². The number of halogens is 2. The summed E-state index contributed by atoms with van der Waals surface area (Å²) >= 11 is 11.9. The van der Waals surface area contributed by atoms with Crippen molar-refractivity contribution < 1.29 is 5.11 Å². The number of nitrogens with one attached hydrogen (secondary N) is 1. The molecule has 0 saturated heterocycles. The number of aliphatic hydroxyl groups is 1. The Balaban J connectivity index is 2.60. The van der Waals surface area contributed by atoms with Crippen LogP contribution in [0, 0.1) is 0 Å². The molecular formula is C13H17Cl2NO. The summed E-state index contributed by atoms with van der Waals surface area (Å²) in [5.41, 5.74) is 0.650. The number of hydrogen-bond donors (Lipinski definition) is 2. The molecule has 94 valence electrons. The van der Waals surface area contributed by atoms with Gasteiger partial charge in [0.25, 0.3) is 0 Å². The molecule has 1 aromatic carbocycles. The SMILES string of the molecule is C=CCC(C)NCC(O)c1cc(Cl)ccc1Cl. The zero-order valence-electron chi connectivity index (χ0n) is 9.79. The molecular weight excluding hydrogens is 257 g/mol. The van der Waals surface area contributed by atoms with Crippen LogP contribution in [-0.4, -0.2) is 17.7 Å². The topological polar surface area (TPSA) is 32.3 Å². The van der Waals surface area contributed by atoms with Gasteiger partial charge in [0.1, 0.15) is 0 Å². The Labute approximate surface area is 112 Å². The van der Waals surface area contributed by atoms with Gasteiger partial charge >= 0.3 is 0 Å². The molecule has 0 aliphatic heterocycles. The first kappa shape index (κ1) is 14.5. The second-order valence-corrected chi connectivity index (χ2v) is 4.86. The normalized spacial score (nSPS) is 14.4. The van der Waals surface area contributed by atoms with Crippen molar-refractivity contribution in [3.8, 4) is 0 Å². The minimum atomic E-state index is -0.659. The predicted octanol–water partition coefficient (Wildman–Crippen LogP) is 3.58. The van der Waals surface area contributed by atoms with Gasteiger partial charge in [-0.3, -0.25) is 0 Å². The van der Waals surface area contributed by atoms with E-state index in [1.54, 1.807) is 18.2 Å². The van der Waals surface area contributed by atoms with Crippen molar-refractivity contribution in [2.24, 2.45) is 0 Å². The minimum Gasteiger partial charge on any atom is -0.387 e. The first-order chi connectivity index (χ1) is 8.04. The monoisotopic (exact) mass is 273 g/mol. The van der Waals surface area contributed by atoms with Crippen LogP contribution >= 0.6 is 23.2 Å². The standard InChI is InChI=1S/C13H17Cl2NO/c1-3-4-9(2)16-8-13(17)11-7-10(14)5-6-12(11)15/h3,5-7,9,13,16-17H,1,4,8H2,2H3. The summed E-state index contributed by atoms with van der Waals surface area (Å²) in [6, 6.07) is 5.36. The zero-order valence-corrected chi connectivity index (χ0v) is 11.3. The molecule has 2 unspecified atom stereocenters. The van der Waals surface area contributed by atoms with E-state index in [1.807, 2.05) is 13.0 Å². The summed E-state index contributed by atoms with van der Waals surface area (Å²) in [6.07, 6.45) is 2.04. The van der Waals surface area contributed by atoms with Gasteiger partial charge in [-0.05, 0) is 31.5 Å². The van der Waals surface area contributed by atoms with Crippen molar-refractivity contribution in [3.63, 3.8) is 0 Å². The number of aliphatic hydroxyl groups excluding tert-OH is 1. The van der Waals surface area contributed by atoms with Crippen LogP contribution in [-0.2, 0) is 0 Å². The lowest BCUT2D eigenvalue weighted by Crippen LogP contribution is -2.30. The third kappa shape index (κ3) is 4.68. The van der Waals surface area contributed by atoms with Crippen molar-refractivity contribution in [3.05, 3.63) is 46.5 Å². The Morgan fingerprint density at radius 3 is 2.82 bits per heavy atom. The highest BCUT2D eigenvalue weighted by atomic mass is 35.5. The molecule has 0 fully saturated rings. The van der Waals surface area contributed by atoms with Crippen LogP contribution < -0.4 is 5.32 Å². The molecule has 17 heavy (non-hydrogen) atoms. The fourth-order valence-corrected chi connectivity index (χ4v) is 1.95. The van der Waals surface area contributed by atoms with Crippen LogP contribution in [0.15, 0.2) is 30.9 Å². The Bertz CT molecular complexity index is 382. The number of hydrogen-bond acceptors (Lipinski definition) is 2. The maximum atomic E-state index is 10.0. The molecule has 0 bridgehead atoms. The first-order valence-electron chi connectivity index (χ1n) is 5.52. The van der Waals surface area contributed by atoms with Crippen molar-refractivity contribution in [2.75, 3.05) is 6.54 Å². The summed E-state index contributed by atoms with van der Waals surface area (Å²) in [7, 11) is 0. The molecule has 2 nitrogen and oxygen atoms in total. The van der Waals surface area contributed by atoms with E-state index >= 15 is 0 Å². The highest BCUT2D eigenvalue weighted by Gasteiger charge is 2.12. The van der Waals surface area contributed by atoms with Crippen LogP contribution in [0.25, 0.3) is 0 Å². The predicted molar refractivity (Wildman–Crippen MR) is 73.7 cm³/mol. The van der Waals surface area contributed by atoms with Gasteiger partial charge in [0.2, 0.25) is 0 Å². The molecule has 1 rings (SSSR count). The van der Waals surface area contributed by atoms with Crippen LogP contribution in [0.1, 0.15) is 25.0 Å². The summed E-state index contributed by atoms with van der Waals surface area (Å²) in [5, 5.41) is 14.3. The molecule has 0 radical (unpaired) electrons. The van der Waals surface area contributed by atoms with Gasteiger partial charge in [0.15, 0.2) is 0 Å². The molecule has 0 heterocycles. The Kier molecular flexibility index (Phi) is 6.00. The van der Waals surface area contributed by atoms with Crippen molar-refractivity contribution in [2.45, 2.75) is 25.5 Å². The van der Waals surface area contributed by atoms with E-state index in [0.29, 0.717) is 22.2 Å². The Morgan fingerprint density at radius 2 is 2.18 bits per heavy atom. The van der Waals surface area contributed by atoms with E-state index in [0.717, 1.165) is 6.42 Å². The van der Waals surface area contributed by atoms with E-state index in [-0.39, 0.29) is 6.04 Å². The smallest absolute Gasteiger partial charge is 0.0929 e. The second-order valence-electron chi connectivity index (χ2n) is 4.02. The fraction of sp³-hybridized carbons (Fsp3) is 0.385. The lowest BCUT2D eigenvalue weighted by atomic mass is 10.1. The Morgan fingerprint density at radius 1 is 1.47 bits per heavy atom. The van der Waals surface area contributed by atoms with Gasteiger partial charge < -0.3 is 10.4 Å². The summed E-state index contributed by atoms with van der Waals surface area (Å²) in [6.45, 7) is 6.15. The molecule has 1 aromatic rings. The highest BCUT2D eigenvalue weighted by Crippen LogP contribution is 2.26. The van der Waals surface area contributed by atoms with Gasteiger partial charge in [-0.2, -0.15) is 0 Å². The summed E-state index contributed by atoms with van der Waals surface area (Å²) in [4.78, 5) is 0. The average molecular weight is 274 g/mol. The molecule has 0 aromatic heterocycles. The molecule has 0 spiro atoms. The largest absolute Gasteiger partial charge is 0.387 e. The van der Waals surface area contributed by atoms with Crippen molar-refractivity contribution in [1.29, 1.82) is 0 Å². The number of benzene rings is 1. The third-order valence-electron chi connectivity index (χ3n) is 2.50. The van der Waals surface area contributed by atoms with Gasteiger partial charge in [-0.15, -0.1) is 6.58 Å². The molecule has 0 aliphatic carbocycles. The highest BCUT2D eigenvalue weighted by molar-refractivity contribution is 6.33. The third-order valence-corrected chi connectivity index (χ3v) is 3.08. The maximum Gasteiger partial charge on any atom is 0.0929 e. The lowest BCUT2D eigenvalue weighted by Gasteiger charge is -2.17. The van der Waals surface area contributed by atoms with E-state index in [9.17, 15) is 5.11 Å². The zero-order chi connectivity index (χ0) is 12.8. The molecule has 0 aliphatic rings. The van der Waals surface area contributed by atoms with Crippen molar-refractivity contribution >= 4 is 23.2 Å². The van der Waals surface area contributed by atoms with Crippen LogP contribution in [0.4, 0.5) is 0 Å². The van der Waals surface area contributed by atoms with Crippen LogP contribution in [0.5, 0.6) is 0 Å².